The van der Waals surface area contributed by atoms with Crippen molar-refractivity contribution in [3.05, 3.63) is 35.4 Å². The Hall–Kier alpha value is -1.35. The van der Waals surface area contributed by atoms with E-state index in [2.05, 4.69) is 29.6 Å². The van der Waals surface area contributed by atoms with Gasteiger partial charge in [-0.25, -0.2) is 0 Å². The maximum absolute atomic E-state index is 12.9. The van der Waals surface area contributed by atoms with Crippen molar-refractivity contribution in [2.45, 2.75) is 57.4 Å². The molecular weight excluding hydrogens is 260 g/mol. The Labute approximate surface area is 127 Å². The lowest BCUT2D eigenvalue weighted by atomic mass is 9.79. The Morgan fingerprint density at radius 3 is 2.62 bits per heavy atom. The third-order valence-corrected chi connectivity index (χ3v) is 5.37. The molecule has 3 rings (SSSR count). The monoisotopic (exact) mass is 286 g/mol. The Kier molecular flexibility index (Phi) is 4.29. The predicted molar refractivity (Wildman–Crippen MR) is 84.8 cm³/mol. The van der Waals surface area contributed by atoms with E-state index in [-0.39, 0.29) is 17.4 Å². The van der Waals surface area contributed by atoms with Crippen molar-refractivity contribution in [2.75, 3.05) is 6.54 Å². The molecule has 0 aliphatic heterocycles. The first-order valence-electron chi connectivity index (χ1n) is 8.34. The molecule has 3 heteroatoms. The second-order valence-electron chi connectivity index (χ2n) is 6.66. The van der Waals surface area contributed by atoms with Crippen LogP contribution in [0.5, 0.6) is 0 Å². The number of carbonyl (C=O) groups is 1. The number of rotatable bonds is 3. The average Bonchev–Trinajstić information content (AvgIpc) is 2.76. The van der Waals surface area contributed by atoms with Gasteiger partial charge >= 0.3 is 0 Å². The summed E-state index contributed by atoms with van der Waals surface area (Å²) < 4.78 is 0. The zero-order valence-electron chi connectivity index (χ0n) is 12.7. The largest absolute Gasteiger partial charge is 0.349 e. The van der Waals surface area contributed by atoms with Crippen LogP contribution in [0.25, 0.3) is 0 Å². The van der Waals surface area contributed by atoms with Gasteiger partial charge in [-0.3, -0.25) is 4.79 Å². The molecule has 3 N–H and O–H groups in total. The summed E-state index contributed by atoms with van der Waals surface area (Å²) in [5.74, 6) is 0.189. The first kappa shape index (κ1) is 14.6. The van der Waals surface area contributed by atoms with Gasteiger partial charge in [-0.15, -0.1) is 0 Å². The van der Waals surface area contributed by atoms with Gasteiger partial charge in [0.25, 0.3) is 0 Å². The van der Waals surface area contributed by atoms with Gasteiger partial charge in [-0.05, 0) is 36.8 Å². The van der Waals surface area contributed by atoms with Crippen molar-refractivity contribution in [3.63, 3.8) is 0 Å². The number of hydrogen-bond acceptors (Lipinski definition) is 2. The van der Waals surface area contributed by atoms with Crippen molar-refractivity contribution < 1.29 is 4.79 Å². The molecule has 1 amide bonds. The highest BCUT2D eigenvalue weighted by Gasteiger charge is 2.38. The number of nitrogens with two attached hydrogens (primary N) is 1. The van der Waals surface area contributed by atoms with Gasteiger partial charge in [0.15, 0.2) is 0 Å². The van der Waals surface area contributed by atoms with Crippen molar-refractivity contribution in [2.24, 2.45) is 11.1 Å². The van der Waals surface area contributed by atoms with Gasteiger partial charge in [0.05, 0.1) is 11.5 Å². The smallest absolute Gasteiger partial charge is 0.227 e. The summed E-state index contributed by atoms with van der Waals surface area (Å²) in [6.45, 7) is 0.479. The Morgan fingerprint density at radius 1 is 1.19 bits per heavy atom. The van der Waals surface area contributed by atoms with E-state index in [4.69, 9.17) is 5.73 Å². The van der Waals surface area contributed by atoms with E-state index in [9.17, 15) is 4.79 Å². The van der Waals surface area contributed by atoms with Crippen LogP contribution < -0.4 is 11.1 Å². The molecule has 0 spiro atoms. The molecule has 2 aliphatic carbocycles. The molecule has 1 unspecified atom stereocenters. The number of aryl methyl sites for hydroxylation is 1. The molecule has 21 heavy (non-hydrogen) atoms. The van der Waals surface area contributed by atoms with Gasteiger partial charge in [-0.1, -0.05) is 49.9 Å². The molecule has 114 valence electrons. The molecule has 0 radical (unpaired) electrons. The molecule has 0 bridgehead atoms. The van der Waals surface area contributed by atoms with Gasteiger partial charge in [0, 0.05) is 6.54 Å². The van der Waals surface area contributed by atoms with Gasteiger partial charge in [-0.2, -0.15) is 0 Å². The fraction of sp³-hybridized carbons (Fsp3) is 0.611. The topological polar surface area (TPSA) is 55.1 Å². The van der Waals surface area contributed by atoms with Crippen LogP contribution in [0.15, 0.2) is 24.3 Å². The van der Waals surface area contributed by atoms with Crippen LogP contribution in [0.4, 0.5) is 0 Å². The molecule has 2 aliphatic rings. The third-order valence-electron chi connectivity index (χ3n) is 5.37. The van der Waals surface area contributed by atoms with E-state index < -0.39 is 0 Å². The van der Waals surface area contributed by atoms with Crippen LogP contribution in [-0.4, -0.2) is 12.5 Å². The first-order valence-corrected chi connectivity index (χ1v) is 8.34. The number of fused-ring (bicyclic) bond motifs is 1. The highest BCUT2D eigenvalue weighted by atomic mass is 16.2. The number of benzene rings is 1. The molecule has 1 saturated carbocycles. The average molecular weight is 286 g/mol. The summed E-state index contributed by atoms with van der Waals surface area (Å²) in [7, 11) is 0. The molecule has 0 saturated heterocycles. The number of hydrogen-bond donors (Lipinski definition) is 2. The van der Waals surface area contributed by atoms with E-state index in [1.54, 1.807) is 0 Å². The van der Waals surface area contributed by atoms with Crippen LogP contribution in [0.1, 0.15) is 62.1 Å². The van der Waals surface area contributed by atoms with Crippen LogP contribution in [0, 0.1) is 5.41 Å². The maximum atomic E-state index is 12.9. The summed E-state index contributed by atoms with van der Waals surface area (Å²) in [5, 5.41) is 3.31. The summed E-state index contributed by atoms with van der Waals surface area (Å²) in [5.41, 5.74) is 8.37. The van der Waals surface area contributed by atoms with Crippen LogP contribution >= 0.6 is 0 Å². The van der Waals surface area contributed by atoms with Gasteiger partial charge in [0.2, 0.25) is 5.91 Å². The summed E-state index contributed by atoms with van der Waals surface area (Å²) in [6.07, 6.45) is 8.72. The van der Waals surface area contributed by atoms with E-state index in [1.165, 1.54) is 24.0 Å². The lowest BCUT2D eigenvalue weighted by Gasteiger charge is -2.31. The highest BCUT2D eigenvalue weighted by molar-refractivity contribution is 5.83. The minimum absolute atomic E-state index is 0.181. The lowest BCUT2D eigenvalue weighted by molar-refractivity contribution is -0.132. The highest BCUT2D eigenvalue weighted by Crippen LogP contribution is 2.37. The summed E-state index contributed by atoms with van der Waals surface area (Å²) in [6, 6.07) is 8.64. The molecule has 3 nitrogen and oxygen atoms in total. The fourth-order valence-corrected chi connectivity index (χ4v) is 3.95. The zero-order chi connectivity index (χ0) is 14.7. The lowest BCUT2D eigenvalue weighted by Crippen LogP contribution is -2.46. The second kappa shape index (κ2) is 6.18. The number of nitrogens with one attached hydrogen (secondary N) is 1. The Morgan fingerprint density at radius 2 is 1.90 bits per heavy atom. The van der Waals surface area contributed by atoms with Crippen molar-refractivity contribution >= 4 is 5.91 Å². The quantitative estimate of drug-likeness (QED) is 0.839. The predicted octanol–water partition coefficient (Wildman–Crippen LogP) is 3.09. The third kappa shape index (κ3) is 2.84. The molecular formula is C18H26N2O. The zero-order valence-corrected chi connectivity index (χ0v) is 12.7. The molecule has 1 fully saturated rings. The minimum atomic E-state index is -0.325. The van der Waals surface area contributed by atoms with Crippen LogP contribution in [0.3, 0.4) is 0 Å². The van der Waals surface area contributed by atoms with Crippen LogP contribution in [-0.2, 0) is 11.2 Å². The first-order chi connectivity index (χ1) is 10.2. The van der Waals surface area contributed by atoms with Gasteiger partial charge in [0.1, 0.15) is 0 Å². The normalized spacial score (nSPS) is 24.1. The van der Waals surface area contributed by atoms with E-state index in [0.29, 0.717) is 6.54 Å². The molecule has 1 aromatic carbocycles. The summed E-state index contributed by atoms with van der Waals surface area (Å²) >= 11 is 0. The van der Waals surface area contributed by atoms with Crippen molar-refractivity contribution in [1.29, 1.82) is 0 Å². The number of amides is 1. The fourth-order valence-electron chi connectivity index (χ4n) is 3.95. The minimum Gasteiger partial charge on any atom is -0.349 e. The molecule has 1 aromatic rings. The second-order valence-corrected chi connectivity index (χ2v) is 6.66. The molecule has 0 heterocycles. The standard InChI is InChI=1S/C18H26N2O/c19-13-18(11-5-1-2-6-12-18)17(21)20-16-10-9-14-7-3-4-8-15(14)16/h3-4,7-8,16H,1-2,5-6,9-13,19H2,(H,20,21). The Balaban J connectivity index is 1.73. The van der Waals surface area contributed by atoms with Crippen molar-refractivity contribution in [1.82, 2.24) is 5.32 Å². The van der Waals surface area contributed by atoms with E-state index in [1.807, 2.05) is 0 Å². The molecule has 0 aromatic heterocycles. The van der Waals surface area contributed by atoms with Crippen LogP contribution in [0.2, 0.25) is 0 Å². The summed E-state index contributed by atoms with van der Waals surface area (Å²) in [4.78, 5) is 12.9. The van der Waals surface area contributed by atoms with Gasteiger partial charge < -0.3 is 11.1 Å². The van der Waals surface area contributed by atoms with E-state index >= 15 is 0 Å². The van der Waals surface area contributed by atoms with Crippen molar-refractivity contribution in [3.8, 4) is 0 Å². The number of carbonyl (C=O) groups excluding carboxylic acids is 1. The Bertz CT molecular complexity index is 504. The van der Waals surface area contributed by atoms with E-state index in [0.717, 1.165) is 38.5 Å². The SMILES string of the molecule is NCC1(C(=O)NC2CCc3ccccc32)CCCCCC1. The maximum Gasteiger partial charge on any atom is 0.227 e. The molecule has 1 atom stereocenters.